The molecule has 2 aliphatic rings. The molecule has 0 aliphatic carbocycles. The normalized spacial score (nSPS) is 18.6. The first-order valence-corrected chi connectivity index (χ1v) is 8.88. The lowest BCUT2D eigenvalue weighted by Crippen LogP contribution is -2.45. The van der Waals surface area contributed by atoms with Gasteiger partial charge in [-0.3, -0.25) is 19.8 Å². The average molecular weight is 394 g/mol. The highest BCUT2D eigenvalue weighted by Gasteiger charge is 2.43. The van der Waals surface area contributed by atoms with E-state index in [2.05, 4.69) is 5.32 Å². The number of nitro benzene ring substituents is 1. The Labute approximate surface area is 166 Å². The fourth-order valence-corrected chi connectivity index (χ4v) is 3.61. The molecule has 0 saturated heterocycles. The number of carbonyl (C=O) groups excluding carboxylic acids is 2. The van der Waals surface area contributed by atoms with Crippen LogP contribution in [0.2, 0.25) is 0 Å². The van der Waals surface area contributed by atoms with Crippen LogP contribution in [0.4, 0.5) is 16.2 Å². The minimum atomic E-state index is -0.760. The van der Waals surface area contributed by atoms with Gasteiger partial charge in [-0.05, 0) is 29.8 Å². The van der Waals surface area contributed by atoms with E-state index in [1.165, 1.54) is 17.0 Å². The van der Waals surface area contributed by atoms with Crippen molar-refractivity contribution < 1.29 is 19.2 Å². The van der Waals surface area contributed by atoms with Crippen molar-refractivity contribution in [3.63, 3.8) is 0 Å². The highest BCUT2D eigenvalue weighted by atomic mass is 16.6. The Morgan fingerprint density at radius 3 is 2.55 bits per heavy atom. The number of rotatable bonds is 4. The number of urea groups is 1. The molecule has 0 saturated carbocycles. The number of likely N-dealkylation sites (N-methyl/N-ethyl adjacent to an activating group) is 1. The van der Waals surface area contributed by atoms with E-state index in [1.54, 1.807) is 55.5 Å². The summed E-state index contributed by atoms with van der Waals surface area (Å²) >= 11 is 0. The molecule has 1 N–H and O–H groups in total. The highest BCUT2D eigenvalue weighted by molar-refractivity contribution is 6.11. The van der Waals surface area contributed by atoms with Crippen molar-refractivity contribution in [1.82, 2.24) is 10.2 Å². The molecule has 1 atom stereocenters. The summed E-state index contributed by atoms with van der Waals surface area (Å²) < 4.78 is 5.16. The molecule has 29 heavy (non-hydrogen) atoms. The van der Waals surface area contributed by atoms with Crippen molar-refractivity contribution in [3.8, 4) is 5.75 Å². The van der Waals surface area contributed by atoms with Crippen LogP contribution in [0, 0.1) is 10.1 Å². The smallest absolute Gasteiger partial charge is 0.322 e. The zero-order valence-corrected chi connectivity index (χ0v) is 15.8. The summed E-state index contributed by atoms with van der Waals surface area (Å²) in [6.07, 6.45) is 0. The van der Waals surface area contributed by atoms with Gasteiger partial charge in [0.1, 0.15) is 5.75 Å². The zero-order valence-electron chi connectivity index (χ0n) is 15.8. The number of hydrogen-bond donors (Lipinski definition) is 1. The molecule has 148 valence electrons. The number of hydrogen-bond acceptors (Lipinski definition) is 5. The third kappa shape index (κ3) is 3.06. The van der Waals surface area contributed by atoms with Gasteiger partial charge in [0.05, 0.1) is 35.9 Å². The van der Waals surface area contributed by atoms with Crippen LogP contribution >= 0.6 is 0 Å². The van der Waals surface area contributed by atoms with Crippen molar-refractivity contribution in [3.05, 3.63) is 75.5 Å². The number of carbonyl (C=O) groups is 2. The second-order valence-corrected chi connectivity index (χ2v) is 6.74. The van der Waals surface area contributed by atoms with E-state index in [0.29, 0.717) is 28.3 Å². The van der Waals surface area contributed by atoms with Gasteiger partial charge >= 0.3 is 6.03 Å². The lowest BCUT2D eigenvalue weighted by molar-refractivity contribution is -0.384. The third-order valence-corrected chi connectivity index (χ3v) is 5.16. The number of nitrogens with zero attached hydrogens (tertiary/aromatic N) is 3. The van der Waals surface area contributed by atoms with Crippen LogP contribution in [-0.2, 0) is 4.79 Å². The largest absolute Gasteiger partial charge is 0.497 e. The predicted octanol–water partition coefficient (Wildman–Crippen LogP) is 2.60. The Morgan fingerprint density at radius 2 is 1.90 bits per heavy atom. The maximum Gasteiger partial charge on any atom is 0.322 e. The van der Waals surface area contributed by atoms with E-state index >= 15 is 0 Å². The Kier molecular flexibility index (Phi) is 4.42. The summed E-state index contributed by atoms with van der Waals surface area (Å²) in [7, 11) is 3.16. The van der Waals surface area contributed by atoms with E-state index in [9.17, 15) is 19.7 Å². The van der Waals surface area contributed by atoms with Crippen molar-refractivity contribution in [2.24, 2.45) is 0 Å². The second kappa shape index (κ2) is 6.93. The Morgan fingerprint density at radius 1 is 1.17 bits per heavy atom. The van der Waals surface area contributed by atoms with Crippen molar-refractivity contribution in [2.75, 3.05) is 25.6 Å². The molecule has 2 heterocycles. The zero-order chi connectivity index (χ0) is 20.7. The molecule has 0 radical (unpaired) electrons. The Hall–Kier alpha value is -3.88. The van der Waals surface area contributed by atoms with Crippen LogP contribution < -0.4 is 15.0 Å². The van der Waals surface area contributed by atoms with E-state index in [-0.39, 0.29) is 24.2 Å². The molecule has 3 amide bonds. The number of anilines is 1. The van der Waals surface area contributed by atoms with Crippen LogP contribution in [0.1, 0.15) is 11.6 Å². The van der Waals surface area contributed by atoms with Gasteiger partial charge in [-0.15, -0.1) is 0 Å². The first kappa shape index (κ1) is 18.5. The maximum absolute atomic E-state index is 13.3. The summed E-state index contributed by atoms with van der Waals surface area (Å²) in [6, 6.07) is 11.9. The quantitative estimate of drug-likeness (QED) is 0.634. The summed E-state index contributed by atoms with van der Waals surface area (Å²) in [5.74, 6) is 0.412. The molecule has 0 spiro atoms. The van der Waals surface area contributed by atoms with Crippen LogP contribution in [0.25, 0.3) is 0 Å². The van der Waals surface area contributed by atoms with E-state index in [4.69, 9.17) is 4.74 Å². The topological polar surface area (TPSA) is 105 Å². The average Bonchev–Trinajstić information content (AvgIpc) is 3.08. The molecule has 2 aromatic rings. The van der Waals surface area contributed by atoms with Crippen LogP contribution in [0.15, 0.2) is 59.8 Å². The number of methoxy groups -OCH3 is 1. The van der Waals surface area contributed by atoms with Crippen molar-refractivity contribution >= 4 is 23.3 Å². The molecule has 2 aromatic carbocycles. The summed E-state index contributed by atoms with van der Waals surface area (Å²) in [5, 5.41) is 13.9. The fourth-order valence-electron chi connectivity index (χ4n) is 3.61. The number of nitrogens with one attached hydrogen (secondary N) is 1. The molecule has 4 rings (SSSR count). The van der Waals surface area contributed by atoms with Gasteiger partial charge in [0, 0.05) is 24.9 Å². The number of nitro groups is 1. The first-order valence-electron chi connectivity index (χ1n) is 8.88. The molecule has 2 aliphatic heterocycles. The van der Waals surface area contributed by atoms with E-state index < -0.39 is 11.0 Å². The summed E-state index contributed by atoms with van der Waals surface area (Å²) in [4.78, 5) is 39.4. The molecule has 9 nitrogen and oxygen atoms in total. The molecule has 0 bridgehead atoms. The number of ether oxygens (including phenoxy) is 1. The summed E-state index contributed by atoms with van der Waals surface area (Å²) in [6.45, 7) is 0.232. The SMILES string of the molecule is COc1ccc(N2CC3=C(C2=O)[C@H](c2cccc([N+](=O)[O-])c2)NC(=O)N3C)cc1. The fraction of sp³-hybridized carbons (Fsp3) is 0.200. The monoisotopic (exact) mass is 394 g/mol. The second-order valence-electron chi connectivity index (χ2n) is 6.74. The molecule has 0 fully saturated rings. The molecule has 0 unspecified atom stereocenters. The van der Waals surface area contributed by atoms with Gasteiger partial charge in [-0.1, -0.05) is 12.1 Å². The standard InChI is InChI=1S/C20H18N4O5/c1-22-16-11-23(13-6-8-15(29-2)9-7-13)19(25)17(16)18(21-20(22)26)12-4-3-5-14(10-12)24(27)28/h3-10,18H,11H2,1-2H3,(H,21,26)/t18-/m0/s1. The Balaban J connectivity index is 1.74. The minimum absolute atomic E-state index is 0.102. The number of amides is 3. The highest BCUT2D eigenvalue weighted by Crippen LogP contribution is 2.38. The molecule has 0 aromatic heterocycles. The predicted molar refractivity (Wildman–Crippen MR) is 105 cm³/mol. The molecular weight excluding hydrogens is 376 g/mol. The lowest BCUT2D eigenvalue weighted by atomic mass is 9.95. The van der Waals surface area contributed by atoms with Gasteiger partial charge in [0.15, 0.2) is 0 Å². The van der Waals surface area contributed by atoms with Gasteiger partial charge in [-0.2, -0.15) is 0 Å². The van der Waals surface area contributed by atoms with Crippen LogP contribution in [0.3, 0.4) is 0 Å². The maximum atomic E-state index is 13.3. The first-order chi connectivity index (χ1) is 13.9. The van der Waals surface area contributed by atoms with E-state index in [1.807, 2.05) is 0 Å². The Bertz CT molecular complexity index is 1050. The number of non-ortho nitro benzene ring substituents is 1. The van der Waals surface area contributed by atoms with Crippen molar-refractivity contribution in [2.45, 2.75) is 6.04 Å². The van der Waals surface area contributed by atoms with Crippen molar-refractivity contribution in [1.29, 1.82) is 0 Å². The lowest BCUT2D eigenvalue weighted by Gasteiger charge is -2.30. The van der Waals surface area contributed by atoms with E-state index in [0.717, 1.165) is 0 Å². The van der Waals surface area contributed by atoms with Crippen LogP contribution in [0.5, 0.6) is 5.75 Å². The van der Waals surface area contributed by atoms with Gasteiger partial charge in [0.2, 0.25) is 0 Å². The van der Waals surface area contributed by atoms with Gasteiger partial charge in [0.25, 0.3) is 11.6 Å². The molecular formula is C20H18N4O5. The van der Waals surface area contributed by atoms with Crippen LogP contribution in [-0.4, -0.2) is 42.5 Å². The van der Waals surface area contributed by atoms with Gasteiger partial charge in [-0.25, -0.2) is 4.79 Å². The van der Waals surface area contributed by atoms with Gasteiger partial charge < -0.3 is 15.0 Å². The summed E-state index contributed by atoms with van der Waals surface area (Å²) in [5.41, 5.74) is 2.03. The molecule has 9 heteroatoms. The number of benzene rings is 2. The minimum Gasteiger partial charge on any atom is -0.497 e. The third-order valence-electron chi connectivity index (χ3n) is 5.16.